The molecule has 0 bridgehead atoms. The first-order valence-electron chi connectivity index (χ1n) is 5.74. The van der Waals surface area contributed by atoms with Gasteiger partial charge >= 0.3 is 5.97 Å². The summed E-state index contributed by atoms with van der Waals surface area (Å²) in [6.07, 6.45) is 0. The number of hydrogen-bond acceptors (Lipinski definition) is 4. The van der Waals surface area contributed by atoms with Crippen molar-refractivity contribution in [3.05, 3.63) is 53.3 Å². The van der Waals surface area contributed by atoms with E-state index < -0.39 is 29.2 Å². The van der Waals surface area contributed by atoms with Gasteiger partial charge in [0.25, 0.3) is 5.91 Å². The molecule has 0 fully saturated rings. The van der Waals surface area contributed by atoms with Crippen molar-refractivity contribution in [3.8, 4) is 11.5 Å². The Morgan fingerprint density at radius 3 is 2.14 bits per heavy atom. The van der Waals surface area contributed by atoms with E-state index in [0.29, 0.717) is 0 Å². The van der Waals surface area contributed by atoms with Gasteiger partial charge in [-0.1, -0.05) is 0 Å². The van der Waals surface area contributed by atoms with Crippen molar-refractivity contribution in [1.29, 1.82) is 0 Å². The lowest BCUT2D eigenvalue weighted by Crippen LogP contribution is -2.12. The van der Waals surface area contributed by atoms with E-state index >= 15 is 0 Å². The number of carboxylic acid groups (broad SMARTS) is 1. The normalized spacial score (nSPS) is 10.1. The summed E-state index contributed by atoms with van der Waals surface area (Å²) in [6, 6.07) is 6.37. The molecule has 0 unspecified atom stereocenters. The number of amides is 1. The van der Waals surface area contributed by atoms with Gasteiger partial charge in [-0.3, -0.25) is 4.79 Å². The molecule has 4 N–H and O–H groups in total. The Hall–Kier alpha value is -3.09. The number of rotatable bonds is 3. The SMILES string of the molecule is O=C(O)c1ccc(NC(=O)c2ccc(F)cc2O)cc1O. The van der Waals surface area contributed by atoms with Crippen molar-refractivity contribution in [2.24, 2.45) is 0 Å². The lowest BCUT2D eigenvalue weighted by Gasteiger charge is -2.08. The van der Waals surface area contributed by atoms with E-state index in [1.807, 2.05) is 0 Å². The highest BCUT2D eigenvalue weighted by molar-refractivity contribution is 6.06. The van der Waals surface area contributed by atoms with Crippen molar-refractivity contribution >= 4 is 17.6 Å². The number of aromatic hydroxyl groups is 2. The lowest BCUT2D eigenvalue weighted by atomic mass is 10.1. The molecule has 0 heterocycles. The quantitative estimate of drug-likeness (QED) is 0.693. The summed E-state index contributed by atoms with van der Waals surface area (Å²) in [7, 11) is 0. The van der Waals surface area contributed by atoms with E-state index in [9.17, 15) is 24.2 Å². The van der Waals surface area contributed by atoms with Gasteiger partial charge in [-0.15, -0.1) is 0 Å². The maximum Gasteiger partial charge on any atom is 0.339 e. The third-order valence-electron chi connectivity index (χ3n) is 2.69. The smallest absolute Gasteiger partial charge is 0.339 e. The Bertz CT molecular complexity index is 729. The molecule has 0 spiro atoms. The minimum absolute atomic E-state index is 0.131. The summed E-state index contributed by atoms with van der Waals surface area (Å²) in [5.41, 5.74) is -0.331. The number of phenols is 2. The number of aromatic carboxylic acids is 1. The molecule has 0 aromatic heterocycles. The molecular formula is C14H10FNO5. The van der Waals surface area contributed by atoms with E-state index in [-0.39, 0.29) is 16.8 Å². The first-order chi connectivity index (χ1) is 9.88. The fourth-order valence-electron chi connectivity index (χ4n) is 1.69. The number of nitrogens with one attached hydrogen (secondary N) is 1. The maximum absolute atomic E-state index is 12.8. The Morgan fingerprint density at radius 2 is 1.57 bits per heavy atom. The van der Waals surface area contributed by atoms with Gasteiger partial charge in [0.1, 0.15) is 22.9 Å². The van der Waals surface area contributed by atoms with Crippen LogP contribution in [0.15, 0.2) is 36.4 Å². The van der Waals surface area contributed by atoms with Gasteiger partial charge in [0, 0.05) is 17.8 Å². The van der Waals surface area contributed by atoms with Crippen molar-refractivity contribution in [3.63, 3.8) is 0 Å². The van der Waals surface area contributed by atoms with Crippen LogP contribution >= 0.6 is 0 Å². The monoisotopic (exact) mass is 291 g/mol. The van der Waals surface area contributed by atoms with E-state index in [4.69, 9.17) is 5.11 Å². The molecule has 0 aliphatic heterocycles. The third kappa shape index (κ3) is 3.08. The van der Waals surface area contributed by atoms with Gasteiger partial charge < -0.3 is 20.6 Å². The van der Waals surface area contributed by atoms with E-state index in [1.165, 1.54) is 6.07 Å². The van der Waals surface area contributed by atoms with Gasteiger partial charge in [0.05, 0.1) is 5.56 Å². The van der Waals surface area contributed by atoms with Crippen LogP contribution < -0.4 is 5.32 Å². The fraction of sp³-hybridized carbons (Fsp3) is 0. The Balaban J connectivity index is 2.23. The second-order valence-electron chi connectivity index (χ2n) is 4.15. The number of hydrogen-bond donors (Lipinski definition) is 4. The fourth-order valence-corrected chi connectivity index (χ4v) is 1.69. The molecule has 21 heavy (non-hydrogen) atoms. The topological polar surface area (TPSA) is 107 Å². The second-order valence-corrected chi connectivity index (χ2v) is 4.15. The van der Waals surface area contributed by atoms with Crippen LogP contribution in [0, 0.1) is 5.82 Å². The summed E-state index contributed by atoms with van der Waals surface area (Å²) in [5.74, 6) is -3.76. The molecule has 0 saturated heterocycles. The standard InChI is InChI=1S/C14H10FNO5/c15-7-1-3-9(11(17)5-7)13(19)16-8-2-4-10(14(20)21)12(18)6-8/h1-6,17-18H,(H,16,19)(H,20,21). The summed E-state index contributed by atoms with van der Waals surface area (Å²) in [4.78, 5) is 22.6. The number of halogens is 1. The van der Waals surface area contributed by atoms with Crippen molar-refractivity contribution < 1.29 is 29.3 Å². The average molecular weight is 291 g/mol. The van der Waals surface area contributed by atoms with E-state index in [0.717, 1.165) is 30.3 Å². The van der Waals surface area contributed by atoms with Gasteiger partial charge in [0.15, 0.2) is 0 Å². The van der Waals surface area contributed by atoms with Gasteiger partial charge in [-0.2, -0.15) is 0 Å². The minimum Gasteiger partial charge on any atom is -0.507 e. The third-order valence-corrected chi connectivity index (χ3v) is 2.69. The largest absolute Gasteiger partial charge is 0.507 e. The molecule has 0 radical (unpaired) electrons. The van der Waals surface area contributed by atoms with Crippen LogP contribution in [-0.4, -0.2) is 27.2 Å². The molecule has 108 valence electrons. The summed E-state index contributed by atoms with van der Waals surface area (Å²) >= 11 is 0. The highest BCUT2D eigenvalue weighted by Crippen LogP contribution is 2.24. The summed E-state index contributed by atoms with van der Waals surface area (Å²) in [6.45, 7) is 0. The predicted octanol–water partition coefficient (Wildman–Crippen LogP) is 2.19. The molecule has 0 atom stereocenters. The zero-order chi connectivity index (χ0) is 15.6. The minimum atomic E-state index is -1.30. The zero-order valence-electron chi connectivity index (χ0n) is 10.5. The van der Waals surface area contributed by atoms with Gasteiger partial charge in [-0.25, -0.2) is 9.18 Å². The number of benzene rings is 2. The molecule has 2 rings (SSSR count). The van der Waals surface area contributed by atoms with Crippen LogP contribution in [0.5, 0.6) is 11.5 Å². The van der Waals surface area contributed by atoms with Crippen molar-refractivity contribution in [1.82, 2.24) is 0 Å². The number of carboxylic acids is 1. The Morgan fingerprint density at radius 1 is 0.952 bits per heavy atom. The van der Waals surface area contributed by atoms with Crippen LogP contribution in [0.3, 0.4) is 0 Å². The van der Waals surface area contributed by atoms with E-state index in [2.05, 4.69) is 5.32 Å². The Labute approximate surface area is 118 Å². The highest BCUT2D eigenvalue weighted by Gasteiger charge is 2.14. The molecule has 7 heteroatoms. The van der Waals surface area contributed by atoms with Crippen LogP contribution in [0.4, 0.5) is 10.1 Å². The molecule has 2 aromatic rings. The average Bonchev–Trinajstić information content (AvgIpc) is 2.37. The molecule has 0 aliphatic rings. The maximum atomic E-state index is 12.8. The highest BCUT2D eigenvalue weighted by atomic mass is 19.1. The van der Waals surface area contributed by atoms with Crippen molar-refractivity contribution in [2.45, 2.75) is 0 Å². The van der Waals surface area contributed by atoms with Crippen LogP contribution in [0.1, 0.15) is 20.7 Å². The number of carbonyl (C=O) groups excluding carboxylic acids is 1. The van der Waals surface area contributed by atoms with Crippen LogP contribution in [-0.2, 0) is 0 Å². The molecule has 6 nitrogen and oxygen atoms in total. The predicted molar refractivity (Wildman–Crippen MR) is 71.1 cm³/mol. The van der Waals surface area contributed by atoms with Crippen LogP contribution in [0.25, 0.3) is 0 Å². The van der Waals surface area contributed by atoms with E-state index in [1.54, 1.807) is 0 Å². The number of carbonyl (C=O) groups is 2. The van der Waals surface area contributed by atoms with Crippen molar-refractivity contribution in [2.75, 3.05) is 5.32 Å². The first-order valence-corrected chi connectivity index (χ1v) is 5.74. The Kier molecular flexibility index (Phi) is 3.75. The zero-order valence-corrected chi connectivity index (χ0v) is 10.5. The molecule has 0 saturated carbocycles. The second kappa shape index (κ2) is 5.49. The van der Waals surface area contributed by atoms with Crippen LogP contribution in [0.2, 0.25) is 0 Å². The molecule has 1 amide bonds. The first kappa shape index (κ1) is 14.3. The molecular weight excluding hydrogens is 281 g/mol. The number of phenolic OH excluding ortho intramolecular Hbond substituents is 1. The van der Waals surface area contributed by atoms with Gasteiger partial charge in [0.2, 0.25) is 0 Å². The summed E-state index contributed by atoms with van der Waals surface area (Å²) < 4.78 is 12.8. The molecule has 0 aliphatic carbocycles. The number of anilines is 1. The van der Waals surface area contributed by atoms with Gasteiger partial charge in [-0.05, 0) is 24.3 Å². The summed E-state index contributed by atoms with van der Waals surface area (Å²) in [5, 5.41) is 30.1. The molecule has 2 aromatic carbocycles. The lowest BCUT2D eigenvalue weighted by molar-refractivity contribution is 0.0693.